The van der Waals surface area contributed by atoms with Gasteiger partial charge in [0.05, 0.1) is 5.69 Å². The van der Waals surface area contributed by atoms with Gasteiger partial charge in [-0.05, 0) is 18.9 Å². The molecule has 0 bridgehead atoms. The van der Waals surface area contributed by atoms with Crippen LogP contribution in [0.2, 0.25) is 0 Å². The van der Waals surface area contributed by atoms with E-state index in [9.17, 15) is 9.59 Å². The van der Waals surface area contributed by atoms with Crippen LogP contribution in [-0.2, 0) is 6.54 Å². The third-order valence-corrected chi connectivity index (χ3v) is 3.42. The SMILES string of the molecule is CN(C)C(=O)NCCCCn1nc(-c2ccccc2)ccc1=O. The van der Waals surface area contributed by atoms with Crippen molar-refractivity contribution in [3.63, 3.8) is 0 Å². The number of hydrogen-bond donors (Lipinski definition) is 1. The van der Waals surface area contributed by atoms with Crippen molar-refractivity contribution in [2.75, 3.05) is 20.6 Å². The number of rotatable bonds is 6. The van der Waals surface area contributed by atoms with Crippen molar-refractivity contribution in [1.82, 2.24) is 20.0 Å². The Hall–Kier alpha value is -2.63. The Balaban J connectivity index is 1.90. The van der Waals surface area contributed by atoms with Gasteiger partial charge in [-0.25, -0.2) is 9.48 Å². The van der Waals surface area contributed by atoms with Gasteiger partial charge >= 0.3 is 6.03 Å². The first-order chi connectivity index (χ1) is 11.1. The average Bonchev–Trinajstić information content (AvgIpc) is 2.56. The van der Waals surface area contributed by atoms with Gasteiger partial charge in [0.25, 0.3) is 5.56 Å². The summed E-state index contributed by atoms with van der Waals surface area (Å²) in [6, 6.07) is 12.9. The molecule has 0 radical (unpaired) electrons. The number of carbonyl (C=O) groups excluding carboxylic acids is 1. The van der Waals surface area contributed by atoms with Crippen molar-refractivity contribution in [2.45, 2.75) is 19.4 Å². The topological polar surface area (TPSA) is 67.2 Å². The smallest absolute Gasteiger partial charge is 0.316 e. The van der Waals surface area contributed by atoms with E-state index < -0.39 is 0 Å². The van der Waals surface area contributed by atoms with Crippen LogP contribution in [0.3, 0.4) is 0 Å². The number of hydrogen-bond acceptors (Lipinski definition) is 3. The zero-order chi connectivity index (χ0) is 16.7. The first-order valence-electron chi connectivity index (χ1n) is 7.66. The largest absolute Gasteiger partial charge is 0.338 e. The Morgan fingerprint density at radius 3 is 2.57 bits per heavy atom. The van der Waals surface area contributed by atoms with E-state index in [1.165, 1.54) is 9.58 Å². The molecule has 2 rings (SSSR count). The van der Waals surface area contributed by atoms with Crippen molar-refractivity contribution < 1.29 is 4.79 Å². The molecule has 2 amide bonds. The number of aryl methyl sites for hydroxylation is 1. The second-order valence-corrected chi connectivity index (χ2v) is 5.48. The van der Waals surface area contributed by atoms with Gasteiger partial charge in [0.15, 0.2) is 0 Å². The summed E-state index contributed by atoms with van der Waals surface area (Å²) in [5.41, 5.74) is 1.66. The number of nitrogens with zero attached hydrogens (tertiary/aromatic N) is 3. The number of nitrogens with one attached hydrogen (secondary N) is 1. The molecule has 1 aromatic heterocycles. The highest BCUT2D eigenvalue weighted by atomic mass is 16.2. The Kier molecular flexibility index (Phi) is 5.91. The highest BCUT2D eigenvalue weighted by Crippen LogP contribution is 2.13. The van der Waals surface area contributed by atoms with Gasteiger partial charge in [0, 0.05) is 38.8 Å². The first kappa shape index (κ1) is 16.7. The molecule has 0 unspecified atom stereocenters. The monoisotopic (exact) mass is 314 g/mol. The van der Waals surface area contributed by atoms with Crippen LogP contribution in [0.25, 0.3) is 11.3 Å². The lowest BCUT2D eigenvalue weighted by Gasteiger charge is -2.12. The van der Waals surface area contributed by atoms with Gasteiger partial charge in [-0.3, -0.25) is 4.79 Å². The summed E-state index contributed by atoms with van der Waals surface area (Å²) in [4.78, 5) is 24.8. The second kappa shape index (κ2) is 8.12. The molecule has 6 nitrogen and oxygen atoms in total. The Bertz CT molecular complexity index is 695. The fourth-order valence-electron chi connectivity index (χ4n) is 2.11. The van der Waals surface area contributed by atoms with Crippen molar-refractivity contribution in [2.24, 2.45) is 0 Å². The number of urea groups is 1. The van der Waals surface area contributed by atoms with Crippen LogP contribution in [0.4, 0.5) is 4.79 Å². The molecule has 2 aromatic rings. The van der Waals surface area contributed by atoms with E-state index in [0.717, 1.165) is 24.1 Å². The van der Waals surface area contributed by atoms with Crippen LogP contribution in [0.5, 0.6) is 0 Å². The van der Waals surface area contributed by atoms with Gasteiger partial charge in [-0.2, -0.15) is 5.10 Å². The summed E-state index contributed by atoms with van der Waals surface area (Å²) in [5, 5.41) is 7.21. The van der Waals surface area contributed by atoms with Gasteiger partial charge < -0.3 is 10.2 Å². The zero-order valence-electron chi connectivity index (χ0n) is 13.5. The third kappa shape index (κ3) is 4.95. The third-order valence-electron chi connectivity index (χ3n) is 3.42. The maximum absolute atomic E-state index is 11.9. The predicted molar refractivity (Wildman–Crippen MR) is 90.3 cm³/mol. The molecule has 0 fully saturated rings. The molecule has 0 atom stereocenters. The molecule has 0 saturated carbocycles. The van der Waals surface area contributed by atoms with Crippen molar-refractivity contribution >= 4 is 6.03 Å². The molecule has 6 heteroatoms. The lowest BCUT2D eigenvalue weighted by Crippen LogP contribution is -2.35. The number of unbranched alkanes of at least 4 members (excludes halogenated alkanes) is 1. The molecule has 0 saturated heterocycles. The molecule has 1 heterocycles. The van der Waals surface area contributed by atoms with Crippen LogP contribution >= 0.6 is 0 Å². The maximum Gasteiger partial charge on any atom is 0.316 e. The first-order valence-corrected chi connectivity index (χ1v) is 7.66. The summed E-state index contributed by atoms with van der Waals surface area (Å²) < 4.78 is 1.48. The van der Waals surface area contributed by atoms with E-state index in [4.69, 9.17) is 0 Å². The molecule has 0 aliphatic carbocycles. The Labute approximate surface area is 135 Å². The summed E-state index contributed by atoms with van der Waals surface area (Å²) in [7, 11) is 3.40. The van der Waals surface area contributed by atoms with Crippen molar-refractivity contribution in [3.05, 3.63) is 52.8 Å². The molecule has 1 N–H and O–H groups in total. The second-order valence-electron chi connectivity index (χ2n) is 5.48. The van der Waals surface area contributed by atoms with Gasteiger partial charge in [0.2, 0.25) is 0 Å². The van der Waals surface area contributed by atoms with E-state index in [2.05, 4.69) is 10.4 Å². The Morgan fingerprint density at radius 2 is 1.87 bits per heavy atom. The standard InChI is InChI=1S/C17H22N4O2/c1-20(2)17(23)18-12-6-7-13-21-16(22)11-10-15(19-21)14-8-4-3-5-9-14/h3-5,8-11H,6-7,12-13H2,1-2H3,(H,18,23). The molecular formula is C17H22N4O2. The fraction of sp³-hybridized carbons (Fsp3) is 0.353. The molecule has 122 valence electrons. The summed E-state index contributed by atoms with van der Waals surface area (Å²) in [6.45, 7) is 1.13. The Morgan fingerprint density at radius 1 is 1.13 bits per heavy atom. The highest BCUT2D eigenvalue weighted by Gasteiger charge is 2.04. The van der Waals surface area contributed by atoms with E-state index >= 15 is 0 Å². The predicted octanol–water partition coefficient (Wildman–Crippen LogP) is 1.96. The van der Waals surface area contributed by atoms with Gasteiger partial charge in [-0.1, -0.05) is 30.3 Å². The summed E-state index contributed by atoms with van der Waals surface area (Å²) >= 11 is 0. The summed E-state index contributed by atoms with van der Waals surface area (Å²) in [6.07, 6.45) is 1.57. The van der Waals surface area contributed by atoms with E-state index in [-0.39, 0.29) is 11.6 Å². The quantitative estimate of drug-likeness (QED) is 0.829. The summed E-state index contributed by atoms with van der Waals surface area (Å²) in [5.74, 6) is 0. The highest BCUT2D eigenvalue weighted by molar-refractivity contribution is 5.73. The molecule has 0 aliphatic heterocycles. The van der Waals surface area contributed by atoms with Crippen LogP contribution in [-0.4, -0.2) is 41.4 Å². The van der Waals surface area contributed by atoms with E-state index in [0.29, 0.717) is 13.1 Å². The fourth-order valence-corrected chi connectivity index (χ4v) is 2.11. The van der Waals surface area contributed by atoms with Gasteiger partial charge in [-0.15, -0.1) is 0 Å². The van der Waals surface area contributed by atoms with Crippen LogP contribution in [0.1, 0.15) is 12.8 Å². The number of amides is 2. The van der Waals surface area contributed by atoms with Gasteiger partial charge in [0.1, 0.15) is 0 Å². The minimum atomic E-state index is -0.109. The van der Waals surface area contributed by atoms with Crippen LogP contribution in [0, 0.1) is 0 Å². The molecule has 1 aromatic carbocycles. The molecule has 0 spiro atoms. The number of benzene rings is 1. The maximum atomic E-state index is 11.9. The van der Waals surface area contributed by atoms with Crippen LogP contribution in [0.15, 0.2) is 47.3 Å². The minimum Gasteiger partial charge on any atom is -0.338 e. The van der Waals surface area contributed by atoms with E-state index in [1.54, 1.807) is 26.2 Å². The number of carbonyl (C=O) groups is 1. The minimum absolute atomic E-state index is 0.105. The lowest BCUT2D eigenvalue weighted by atomic mass is 10.1. The normalized spacial score (nSPS) is 10.3. The van der Waals surface area contributed by atoms with E-state index in [1.807, 2.05) is 30.3 Å². The average molecular weight is 314 g/mol. The zero-order valence-corrected chi connectivity index (χ0v) is 13.5. The van der Waals surface area contributed by atoms with Crippen molar-refractivity contribution in [1.29, 1.82) is 0 Å². The molecule has 23 heavy (non-hydrogen) atoms. The molecular weight excluding hydrogens is 292 g/mol. The van der Waals surface area contributed by atoms with Crippen molar-refractivity contribution in [3.8, 4) is 11.3 Å². The lowest BCUT2D eigenvalue weighted by molar-refractivity contribution is 0.217. The molecule has 0 aliphatic rings. The number of aromatic nitrogens is 2. The van der Waals surface area contributed by atoms with Crippen LogP contribution < -0.4 is 10.9 Å².